The quantitative estimate of drug-likeness (QED) is 0.822. The van der Waals surface area contributed by atoms with Gasteiger partial charge in [0.15, 0.2) is 0 Å². The van der Waals surface area contributed by atoms with Gasteiger partial charge in [-0.3, -0.25) is 9.69 Å². The third kappa shape index (κ3) is 3.02. The van der Waals surface area contributed by atoms with Crippen LogP contribution in [0.2, 0.25) is 5.02 Å². The number of hydrogen-bond acceptors (Lipinski definition) is 4. The largest absolute Gasteiger partial charge is 0.506 e. The molecule has 98 valence electrons. The normalized spacial score (nSPS) is 17.9. The van der Waals surface area contributed by atoms with Crippen LogP contribution in [0.4, 0.5) is 0 Å². The van der Waals surface area contributed by atoms with Gasteiger partial charge in [0, 0.05) is 30.8 Å². The monoisotopic (exact) mass is 269 g/mol. The minimum absolute atomic E-state index is 0.0355. The van der Waals surface area contributed by atoms with E-state index in [0.717, 1.165) is 32.2 Å². The molecule has 1 saturated heterocycles. The first-order chi connectivity index (χ1) is 8.60. The predicted molar refractivity (Wildman–Crippen MR) is 69.0 cm³/mol. The van der Waals surface area contributed by atoms with Crippen LogP contribution >= 0.6 is 11.6 Å². The fraction of sp³-hybridized carbons (Fsp3) is 0.462. The lowest BCUT2D eigenvalue weighted by Crippen LogP contribution is -2.35. The number of carbonyl (C=O) groups excluding carboxylic acids is 1. The first-order valence-electron chi connectivity index (χ1n) is 5.97. The van der Waals surface area contributed by atoms with Crippen LogP contribution in [0.15, 0.2) is 12.1 Å². The number of benzene rings is 1. The standard InChI is InChI=1S/C13H16ClNO3/c14-12-6-9(8-16)5-10(13(12)18)7-15-3-1-11(17)2-4-15/h5-6,8,11,17-18H,1-4,7H2. The van der Waals surface area contributed by atoms with Gasteiger partial charge in [-0.15, -0.1) is 0 Å². The number of phenolic OH excluding ortho intramolecular Hbond substituents is 1. The van der Waals surface area contributed by atoms with Crippen molar-refractivity contribution in [3.05, 3.63) is 28.3 Å². The van der Waals surface area contributed by atoms with Crippen LogP contribution < -0.4 is 0 Å². The molecule has 0 radical (unpaired) electrons. The summed E-state index contributed by atoms with van der Waals surface area (Å²) in [6.45, 7) is 2.10. The van der Waals surface area contributed by atoms with Crippen LogP contribution in [0.1, 0.15) is 28.8 Å². The molecule has 5 heteroatoms. The number of nitrogens with zero attached hydrogens (tertiary/aromatic N) is 1. The van der Waals surface area contributed by atoms with Crippen molar-refractivity contribution in [2.75, 3.05) is 13.1 Å². The van der Waals surface area contributed by atoms with Gasteiger partial charge in [-0.2, -0.15) is 0 Å². The number of likely N-dealkylation sites (tertiary alicyclic amines) is 1. The van der Waals surface area contributed by atoms with Crippen LogP contribution in [-0.4, -0.2) is 40.6 Å². The maximum atomic E-state index is 10.8. The highest BCUT2D eigenvalue weighted by atomic mass is 35.5. The molecule has 0 saturated carbocycles. The third-order valence-electron chi connectivity index (χ3n) is 3.25. The van der Waals surface area contributed by atoms with Gasteiger partial charge in [0.2, 0.25) is 0 Å². The van der Waals surface area contributed by atoms with Crippen molar-refractivity contribution in [2.45, 2.75) is 25.5 Å². The SMILES string of the molecule is O=Cc1cc(Cl)c(O)c(CN2CCC(O)CC2)c1. The van der Waals surface area contributed by atoms with E-state index in [0.29, 0.717) is 17.7 Å². The minimum Gasteiger partial charge on any atom is -0.506 e. The summed E-state index contributed by atoms with van der Waals surface area (Å²) in [5.74, 6) is 0.0355. The topological polar surface area (TPSA) is 60.8 Å². The number of aliphatic hydroxyl groups excluding tert-OH is 1. The van der Waals surface area contributed by atoms with Gasteiger partial charge in [0.05, 0.1) is 11.1 Å². The molecule has 0 unspecified atom stereocenters. The van der Waals surface area contributed by atoms with Gasteiger partial charge in [-0.05, 0) is 25.0 Å². The Hall–Kier alpha value is -1.10. The van der Waals surface area contributed by atoms with Gasteiger partial charge in [-0.1, -0.05) is 11.6 Å². The number of rotatable bonds is 3. The van der Waals surface area contributed by atoms with Crippen molar-refractivity contribution < 1.29 is 15.0 Å². The lowest BCUT2D eigenvalue weighted by molar-refractivity contribution is 0.0789. The molecule has 18 heavy (non-hydrogen) atoms. The van der Waals surface area contributed by atoms with E-state index < -0.39 is 0 Å². The average Bonchev–Trinajstić information content (AvgIpc) is 2.37. The molecule has 0 spiro atoms. The van der Waals surface area contributed by atoms with Crippen molar-refractivity contribution in [1.29, 1.82) is 0 Å². The van der Waals surface area contributed by atoms with Crippen LogP contribution in [0, 0.1) is 0 Å². The number of carbonyl (C=O) groups is 1. The molecule has 0 amide bonds. The summed E-state index contributed by atoms with van der Waals surface area (Å²) < 4.78 is 0. The van der Waals surface area contributed by atoms with Gasteiger partial charge >= 0.3 is 0 Å². The minimum atomic E-state index is -0.222. The zero-order valence-electron chi connectivity index (χ0n) is 9.97. The summed E-state index contributed by atoms with van der Waals surface area (Å²) in [4.78, 5) is 12.9. The Morgan fingerprint density at radius 3 is 2.67 bits per heavy atom. The molecule has 1 heterocycles. The molecule has 0 atom stereocenters. The zero-order chi connectivity index (χ0) is 13.1. The second-order valence-corrected chi connectivity index (χ2v) is 5.04. The van der Waals surface area contributed by atoms with E-state index in [9.17, 15) is 15.0 Å². The summed E-state index contributed by atoms with van der Waals surface area (Å²) in [6.07, 6.45) is 1.97. The Balaban J connectivity index is 2.13. The predicted octanol–water partition coefficient (Wildman–Crippen LogP) is 1.81. The number of piperidine rings is 1. The van der Waals surface area contributed by atoms with Crippen molar-refractivity contribution in [3.8, 4) is 5.75 Å². The van der Waals surface area contributed by atoms with Gasteiger partial charge in [0.1, 0.15) is 12.0 Å². The lowest BCUT2D eigenvalue weighted by atomic mass is 10.1. The number of phenols is 1. The maximum absolute atomic E-state index is 10.8. The Bertz CT molecular complexity index is 442. The Morgan fingerprint density at radius 1 is 1.39 bits per heavy atom. The molecule has 0 aromatic heterocycles. The number of aldehydes is 1. The van der Waals surface area contributed by atoms with Gasteiger partial charge in [-0.25, -0.2) is 0 Å². The smallest absolute Gasteiger partial charge is 0.150 e. The molecule has 1 aliphatic rings. The van der Waals surface area contributed by atoms with E-state index >= 15 is 0 Å². The summed E-state index contributed by atoms with van der Waals surface area (Å²) in [5.41, 5.74) is 1.12. The molecule has 2 rings (SSSR count). The number of aliphatic hydroxyl groups is 1. The Kier molecular flexibility index (Phi) is 4.22. The van der Waals surface area contributed by atoms with E-state index in [2.05, 4.69) is 4.90 Å². The molecule has 1 aromatic rings. The van der Waals surface area contributed by atoms with Crippen molar-refractivity contribution in [2.24, 2.45) is 0 Å². The highest BCUT2D eigenvalue weighted by molar-refractivity contribution is 6.32. The Morgan fingerprint density at radius 2 is 2.06 bits per heavy atom. The van der Waals surface area contributed by atoms with Gasteiger partial charge in [0.25, 0.3) is 0 Å². The molecule has 1 fully saturated rings. The van der Waals surface area contributed by atoms with Gasteiger partial charge < -0.3 is 10.2 Å². The molecule has 1 aromatic carbocycles. The van der Waals surface area contributed by atoms with E-state index in [4.69, 9.17) is 11.6 Å². The number of aromatic hydroxyl groups is 1. The van der Waals surface area contributed by atoms with Crippen LogP contribution in [-0.2, 0) is 6.54 Å². The van der Waals surface area contributed by atoms with Crippen LogP contribution in [0.5, 0.6) is 5.75 Å². The first-order valence-corrected chi connectivity index (χ1v) is 6.35. The summed E-state index contributed by atoms with van der Waals surface area (Å²) in [6, 6.07) is 3.10. The van der Waals surface area contributed by atoms with Crippen molar-refractivity contribution in [3.63, 3.8) is 0 Å². The van der Waals surface area contributed by atoms with Crippen molar-refractivity contribution in [1.82, 2.24) is 4.90 Å². The second-order valence-electron chi connectivity index (χ2n) is 4.64. The van der Waals surface area contributed by atoms with E-state index in [1.54, 1.807) is 6.07 Å². The van der Waals surface area contributed by atoms with Crippen LogP contribution in [0.25, 0.3) is 0 Å². The number of hydrogen-bond donors (Lipinski definition) is 2. The molecular weight excluding hydrogens is 254 g/mol. The fourth-order valence-electron chi connectivity index (χ4n) is 2.19. The first kappa shape index (κ1) is 13.3. The van der Waals surface area contributed by atoms with Crippen molar-refractivity contribution >= 4 is 17.9 Å². The molecule has 0 bridgehead atoms. The van der Waals surface area contributed by atoms with E-state index in [1.165, 1.54) is 6.07 Å². The maximum Gasteiger partial charge on any atom is 0.150 e. The second kappa shape index (κ2) is 5.69. The average molecular weight is 270 g/mol. The summed E-state index contributed by atoms with van der Waals surface area (Å²) in [7, 11) is 0. The lowest BCUT2D eigenvalue weighted by Gasteiger charge is -2.29. The molecular formula is C13H16ClNO3. The highest BCUT2D eigenvalue weighted by Crippen LogP contribution is 2.30. The molecule has 0 aliphatic carbocycles. The fourth-order valence-corrected chi connectivity index (χ4v) is 2.43. The number of halogens is 1. The molecule has 1 aliphatic heterocycles. The zero-order valence-corrected chi connectivity index (χ0v) is 10.7. The Labute approximate surface area is 111 Å². The third-order valence-corrected chi connectivity index (χ3v) is 3.54. The summed E-state index contributed by atoms with van der Waals surface area (Å²) in [5, 5.41) is 19.5. The molecule has 2 N–H and O–H groups in total. The highest BCUT2D eigenvalue weighted by Gasteiger charge is 2.19. The van der Waals surface area contributed by atoms with E-state index in [-0.39, 0.29) is 16.9 Å². The van der Waals surface area contributed by atoms with E-state index in [1.807, 2.05) is 0 Å². The molecule has 4 nitrogen and oxygen atoms in total. The summed E-state index contributed by atoms with van der Waals surface area (Å²) >= 11 is 5.87. The van der Waals surface area contributed by atoms with Crippen LogP contribution in [0.3, 0.4) is 0 Å².